The van der Waals surface area contributed by atoms with E-state index in [1.165, 1.54) is 6.26 Å². The van der Waals surface area contributed by atoms with Crippen LogP contribution in [0, 0.1) is 0 Å². The summed E-state index contributed by atoms with van der Waals surface area (Å²) in [4.78, 5) is 2.19. The molecule has 0 aliphatic rings. The average molecular weight is 279 g/mol. The summed E-state index contributed by atoms with van der Waals surface area (Å²) >= 11 is 0. The van der Waals surface area contributed by atoms with E-state index >= 15 is 0 Å². The highest BCUT2D eigenvalue weighted by Gasteiger charge is 2.36. The van der Waals surface area contributed by atoms with Crippen molar-refractivity contribution in [3.8, 4) is 0 Å². The normalized spacial score (nSPS) is 15.1. The van der Waals surface area contributed by atoms with Gasteiger partial charge in [0.05, 0.1) is 0 Å². The molecule has 5 nitrogen and oxygen atoms in total. The van der Waals surface area contributed by atoms with E-state index in [2.05, 4.69) is 24.2 Å². The highest BCUT2D eigenvalue weighted by molar-refractivity contribution is 7.90. The summed E-state index contributed by atoms with van der Waals surface area (Å²) in [6.07, 6.45) is 4.64. The van der Waals surface area contributed by atoms with Gasteiger partial charge in [0.1, 0.15) is 9.84 Å². The van der Waals surface area contributed by atoms with Gasteiger partial charge in [0.2, 0.25) is 0 Å². The van der Waals surface area contributed by atoms with Crippen LogP contribution >= 0.6 is 0 Å². The Hall–Kier alpha value is -0.170. The molecule has 0 saturated heterocycles. The maximum absolute atomic E-state index is 11.2. The average Bonchev–Trinajstić information content (AvgIpc) is 2.26. The molecule has 0 aliphatic carbocycles. The summed E-state index contributed by atoms with van der Waals surface area (Å²) < 4.78 is 22.3. The van der Waals surface area contributed by atoms with Gasteiger partial charge in [0, 0.05) is 23.6 Å². The van der Waals surface area contributed by atoms with Gasteiger partial charge in [0.25, 0.3) is 0 Å². The van der Waals surface area contributed by atoms with Gasteiger partial charge in [0.15, 0.2) is 0 Å². The summed E-state index contributed by atoms with van der Waals surface area (Å²) in [5.74, 6) is 5.90. The van der Waals surface area contributed by atoms with Crippen molar-refractivity contribution in [2.45, 2.75) is 51.1 Å². The molecule has 0 aromatic rings. The molecule has 1 unspecified atom stereocenters. The van der Waals surface area contributed by atoms with Crippen molar-refractivity contribution in [1.29, 1.82) is 0 Å². The van der Waals surface area contributed by atoms with Crippen LogP contribution in [-0.2, 0) is 9.84 Å². The first kappa shape index (κ1) is 17.8. The van der Waals surface area contributed by atoms with E-state index in [-0.39, 0.29) is 17.3 Å². The lowest BCUT2D eigenvalue weighted by Gasteiger charge is -2.45. The quantitative estimate of drug-likeness (QED) is 0.481. The monoisotopic (exact) mass is 279 g/mol. The molecule has 110 valence electrons. The third-order valence-corrected chi connectivity index (χ3v) is 5.00. The summed E-state index contributed by atoms with van der Waals surface area (Å²) in [7, 11) is 1.21. The van der Waals surface area contributed by atoms with E-state index in [0.717, 1.165) is 19.3 Å². The van der Waals surface area contributed by atoms with Crippen LogP contribution in [0.15, 0.2) is 0 Å². The summed E-state index contributed by atoms with van der Waals surface area (Å²) in [6, 6.07) is 0.101. The zero-order valence-corrected chi connectivity index (χ0v) is 13.2. The summed E-state index contributed by atoms with van der Waals surface area (Å²) in [5, 5.41) is 0. The Labute approximate surface area is 112 Å². The lowest BCUT2D eigenvalue weighted by Crippen LogP contribution is -2.60. The number of nitrogens with one attached hydrogen (secondary N) is 1. The molecule has 0 rings (SSSR count). The molecule has 0 bridgehead atoms. The van der Waals surface area contributed by atoms with Crippen molar-refractivity contribution in [3.63, 3.8) is 0 Å². The van der Waals surface area contributed by atoms with Gasteiger partial charge in [-0.25, -0.2) is 8.42 Å². The van der Waals surface area contributed by atoms with E-state index < -0.39 is 9.84 Å². The van der Waals surface area contributed by atoms with Crippen LogP contribution in [0.5, 0.6) is 0 Å². The maximum atomic E-state index is 11.2. The molecule has 1 atom stereocenters. The highest BCUT2D eigenvalue weighted by atomic mass is 32.2. The minimum Gasteiger partial charge on any atom is -0.302 e. The first-order chi connectivity index (χ1) is 8.23. The third kappa shape index (κ3) is 4.84. The largest absolute Gasteiger partial charge is 0.302 e. The zero-order valence-electron chi connectivity index (χ0n) is 12.4. The molecule has 0 aromatic carbocycles. The van der Waals surface area contributed by atoms with Crippen molar-refractivity contribution < 1.29 is 8.42 Å². The van der Waals surface area contributed by atoms with Crippen molar-refractivity contribution in [2.24, 2.45) is 5.84 Å². The Kier molecular flexibility index (Phi) is 7.36. The molecule has 0 aromatic heterocycles. The molecular formula is C12H29N3O2S. The fourth-order valence-corrected chi connectivity index (χ4v) is 3.43. The van der Waals surface area contributed by atoms with E-state index in [1.54, 1.807) is 0 Å². The lowest BCUT2D eigenvalue weighted by atomic mass is 9.81. The van der Waals surface area contributed by atoms with Gasteiger partial charge in [-0.1, -0.05) is 13.8 Å². The van der Waals surface area contributed by atoms with Gasteiger partial charge in [-0.15, -0.1) is 0 Å². The van der Waals surface area contributed by atoms with Crippen LogP contribution in [0.25, 0.3) is 0 Å². The topological polar surface area (TPSA) is 75.4 Å². The minimum atomic E-state index is -2.89. The SMILES string of the molecule is CCC(CC)(C(CCCS(C)(=O)=O)NN)N(C)C. The first-order valence-electron chi connectivity index (χ1n) is 6.54. The second kappa shape index (κ2) is 7.43. The smallest absolute Gasteiger partial charge is 0.147 e. The van der Waals surface area contributed by atoms with Gasteiger partial charge in [-0.05, 0) is 39.8 Å². The molecule has 0 heterocycles. The number of hydrogen-bond acceptors (Lipinski definition) is 5. The van der Waals surface area contributed by atoms with Crippen LogP contribution in [0.1, 0.15) is 39.5 Å². The van der Waals surface area contributed by atoms with Gasteiger partial charge < -0.3 is 4.90 Å². The second-order valence-corrected chi connectivity index (χ2v) is 7.46. The molecule has 0 aliphatic heterocycles. The van der Waals surface area contributed by atoms with E-state index in [9.17, 15) is 8.42 Å². The molecule has 0 fully saturated rings. The third-order valence-electron chi connectivity index (χ3n) is 3.97. The Balaban J connectivity index is 4.72. The Morgan fingerprint density at radius 3 is 2.06 bits per heavy atom. The van der Waals surface area contributed by atoms with Crippen LogP contribution < -0.4 is 11.3 Å². The summed E-state index contributed by atoms with van der Waals surface area (Å²) in [5.41, 5.74) is 2.85. The van der Waals surface area contributed by atoms with Gasteiger partial charge in [-0.3, -0.25) is 11.3 Å². The molecule has 3 N–H and O–H groups in total. The van der Waals surface area contributed by atoms with Gasteiger partial charge in [-0.2, -0.15) is 0 Å². The molecule has 0 amide bonds. The number of nitrogens with two attached hydrogens (primary N) is 1. The predicted molar refractivity (Wildman–Crippen MR) is 77.1 cm³/mol. The Morgan fingerprint density at radius 1 is 1.28 bits per heavy atom. The molecule has 0 spiro atoms. The van der Waals surface area contributed by atoms with Crippen LogP contribution in [-0.4, -0.2) is 51.0 Å². The van der Waals surface area contributed by atoms with Crippen LogP contribution in [0.3, 0.4) is 0 Å². The number of hydrogen-bond donors (Lipinski definition) is 2. The fraction of sp³-hybridized carbons (Fsp3) is 1.00. The number of likely N-dealkylation sites (N-methyl/N-ethyl adjacent to an activating group) is 1. The van der Waals surface area contributed by atoms with E-state index in [4.69, 9.17) is 5.84 Å². The van der Waals surface area contributed by atoms with E-state index in [0.29, 0.717) is 6.42 Å². The maximum Gasteiger partial charge on any atom is 0.147 e. The van der Waals surface area contributed by atoms with Crippen LogP contribution in [0.4, 0.5) is 0 Å². The van der Waals surface area contributed by atoms with Crippen molar-refractivity contribution in [2.75, 3.05) is 26.1 Å². The van der Waals surface area contributed by atoms with Crippen molar-refractivity contribution in [3.05, 3.63) is 0 Å². The van der Waals surface area contributed by atoms with E-state index in [1.807, 2.05) is 14.1 Å². The predicted octanol–water partition coefficient (Wildman–Crippen LogP) is 0.764. The molecular weight excluding hydrogens is 250 g/mol. The number of rotatable bonds is 9. The molecule has 18 heavy (non-hydrogen) atoms. The number of hydrazine groups is 1. The Morgan fingerprint density at radius 2 is 1.78 bits per heavy atom. The Bertz CT molecular complexity index is 324. The lowest BCUT2D eigenvalue weighted by molar-refractivity contribution is 0.0839. The highest BCUT2D eigenvalue weighted by Crippen LogP contribution is 2.28. The fourth-order valence-electron chi connectivity index (χ4n) is 2.74. The standard InChI is InChI=1S/C12H29N3O2S/c1-6-12(7-2,15(3)4)11(14-13)9-8-10-18(5,16)17/h11,14H,6-10,13H2,1-5H3. The first-order valence-corrected chi connectivity index (χ1v) is 8.60. The van der Waals surface area contributed by atoms with Crippen LogP contribution in [0.2, 0.25) is 0 Å². The van der Waals surface area contributed by atoms with Crippen molar-refractivity contribution in [1.82, 2.24) is 10.3 Å². The van der Waals surface area contributed by atoms with Crippen molar-refractivity contribution >= 4 is 9.84 Å². The zero-order chi connectivity index (χ0) is 14.4. The minimum absolute atomic E-state index is 0.0216. The molecule has 6 heteroatoms. The molecule has 0 saturated carbocycles. The number of sulfone groups is 1. The summed E-state index contributed by atoms with van der Waals surface area (Å²) in [6.45, 7) is 4.29. The van der Waals surface area contributed by atoms with Gasteiger partial charge >= 0.3 is 0 Å². The molecule has 0 radical (unpaired) electrons. The second-order valence-electron chi connectivity index (χ2n) is 5.20. The number of nitrogens with zero attached hydrogens (tertiary/aromatic N) is 1.